The summed E-state index contributed by atoms with van der Waals surface area (Å²) in [5.41, 5.74) is 1.52. The third-order valence-corrected chi connectivity index (χ3v) is 3.58. The fourth-order valence-electron chi connectivity index (χ4n) is 2.35. The van der Waals surface area contributed by atoms with Gasteiger partial charge in [-0.15, -0.1) is 0 Å². The summed E-state index contributed by atoms with van der Waals surface area (Å²) >= 11 is 0. The van der Waals surface area contributed by atoms with Gasteiger partial charge in [-0.05, 0) is 17.7 Å². The van der Waals surface area contributed by atoms with Crippen LogP contribution in [0.4, 0.5) is 5.69 Å². The average molecular weight is 353 g/mol. The van der Waals surface area contributed by atoms with E-state index in [0.717, 1.165) is 5.56 Å². The molecule has 6 nitrogen and oxygen atoms in total. The van der Waals surface area contributed by atoms with Crippen molar-refractivity contribution >= 4 is 17.6 Å². The van der Waals surface area contributed by atoms with E-state index >= 15 is 0 Å². The molecular weight excluding hydrogens is 334 g/mol. The van der Waals surface area contributed by atoms with Crippen molar-refractivity contribution in [2.24, 2.45) is 0 Å². The molecule has 26 heavy (non-hydrogen) atoms. The minimum absolute atomic E-state index is 0.195. The summed E-state index contributed by atoms with van der Waals surface area (Å²) in [6.45, 7) is 3.44. The predicted molar refractivity (Wildman–Crippen MR) is 95.2 cm³/mol. The first-order valence-electron chi connectivity index (χ1n) is 8.13. The highest BCUT2D eigenvalue weighted by atomic mass is 16.7. The molecule has 0 radical (unpaired) electrons. The average Bonchev–Trinajstić information content (AvgIpc) is 2.59. The van der Waals surface area contributed by atoms with E-state index in [1.807, 2.05) is 42.5 Å². The maximum absolute atomic E-state index is 11.9. The van der Waals surface area contributed by atoms with Gasteiger partial charge in [-0.3, -0.25) is 0 Å². The highest BCUT2D eigenvalue weighted by Gasteiger charge is 2.38. The van der Waals surface area contributed by atoms with Crippen molar-refractivity contribution in [2.45, 2.75) is 26.2 Å². The smallest absolute Gasteiger partial charge is 0.350 e. The van der Waals surface area contributed by atoms with E-state index in [2.05, 4.69) is 5.32 Å². The van der Waals surface area contributed by atoms with E-state index in [-0.39, 0.29) is 5.57 Å². The van der Waals surface area contributed by atoms with Gasteiger partial charge in [0.25, 0.3) is 5.79 Å². The van der Waals surface area contributed by atoms with Crippen LogP contribution in [0.2, 0.25) is 0 Å². The lowest BCUT2D eigenvalue weighted by atomic mass is 10.2. The molecule has 0 atom stereocenters. The minimum Gasteiger partial charge on any atom is -0.489 e. The summed E-state index contributed by atoms with van der Waals surface area (Å²) in [6, 6.07) is 17.0. The first kappa shape index (κ1) is 17.5. The van der Waals surface area contributed by atoms with E-state index in [4.69, 9.17) is 14.2 Å². The van der Waals surface area contributed by atoms with Gasteiger partial charge in [0.15, 0.2) is 5.57 Å². The molecule has 3 rings (SSSR count). The molecule has 2 aromatic rings. The van der Waals surface area contributed by atoms with E-state index < -0.39 is 17.7 Å². The maximum atomic E-state index is 11.9. The fourth-order valence-corrected chi connectivity index (χ4v) is 2.35. The summed E-state index contributed by atoms with van der Waals surface area (Å²) in [5, 5.41) is 2.90. The number of benzene rings is 2. The standard InChI is InChI=1S/C20H19NO5/c1-20(2)25-18(22)17(19(23)26-20)12-21-15-9-6-10-16(11-15)24-13-14-7-4-3-5-8-14/h3-12,21H,13H2,1-2H3. The lowest BCUT2D eigenvalue weighted by molar-refractivity contribution is -0.222. The largest absolute Gasteiger partial charge is 0.489 e. The van der Waals surface area contributed by atoms with Crippen LogP contribution in [0.15, 0.2) is 66.4 Å². The van der Waals surface area contributed by atoms with Crippen molar-refractivity contribution in [3.8, 4) is 5.75 Å². The van der Waals surface area contributed by atoms with Crippen LogP contribution in [0.3, 0.4) is 0 Å². The molecule has 1 fully saturated rings. The van der Waals surface area contributed by atoms with Gasteiger partial charge in [0, 0.05) is 31.8 Å². The van der Waals surface area contributed by atoms with Gasteiger partial charge < -0.3 is 19.5 Å². The molecule has 6 heteroatoms. The molecule has 0 aliphatic carbocycles. The second kappa shape index (κ2) is 7.31. The molecule has 0 aromatic heterocycles. The second-order valence-electron chi connectivity index (χ2n) is 6.18. The molecule has 0 unspecified atom stereocenters. The lowest BCUT2D eigenvalue weighted by Crippen LogP contribution is -2.42. The molecule has 1 aliphatic rings. The number of anilines is 1. The minimum atomic E-state index is -1.25. The zero-order chi connectivity index (χ0) is 18.6. The topological polar surface area (TPSA) is 73.9 Å². The zero-order valence-corrected chi connectivity index (χ0v) is 14.5. The van der Waals surface area contributed by atoms with Crippen LogP contribution in [-0.4, -0.2) is 17.7 Å². The first-order valence-corrected chi connectivity index (χ1v) is 8.13. The van der Waals surface area contributed by atoms with Crippen molar-refractivity contribution < 1.29 is 23.8 Å². The first-order chi connectivity index (χ1) is 12.4. The van der Waals surface area contributed by atoms with Gasteiger partial charge in [0.2, 0.25) is 0 Å². The third kappa shape index (κ3) is 4.42. The number of carbonyl (C=O) groups excluding carboxylic acids is 2. The molecule has 1 N–H and O–H groups in total. The molecule has 0 saturated carbocycles. The lowest BCUT2D eigenvalue weighted by Gasteiger charge is -2.29. The Bertz CT molecular complexity index is 820. The number of carbonyl (C=O) groups is 2. The molecular formula is C20H19NO5. The number of hydrogen-bond acceptors (Lipinski definition) is 6. The summed E-state index contributed by atoms with van der Waals surface area (Å²) in [6.07, 6.45) is 1.27. The molecule has 1 aliphatic heterocycles. The van der Waals surface area contributed by atoms with Crippen LogP contribution >= 0.6 is 0 Å². The fraction of sp³-hybridized carbons (Fsp3) is 0.200. The Morgan fingerprint density at radius 1 is 1.00 bits per heavy atom. The quantitative estimate of drug-likeness (QED) is 0.504. The maximum Gasteiger partial charge on any atom is 0.350 e. The summed E-state index contributed by atoms with van der Waals surface area (Å²) in [7, 11) is 0. The van der Waals surface area contributed by atoms with Crippen LogP contribution in [0.1, 0.15) is 19.4 Å². The molecule has 134 valence electrons. The molecule has 1 saturated heterocycles. The number of rotatable bonds is 5. The van der Waals surface area contributed by atoms with Crippen molar-refractivity contribution in [3.05, 3.63) is 71.9 Å². The number of esters is 2. The van der Waals surface area contributed by atoms with Crippen LogP contribution in [0, 0.1) is 0 Å². The van der Waals surface area contributed by atoms with Crippen molar-refractivity contribution in [2.75, 3.05) is 5.32 Å². The highest BCUT2D eigenvalue weighted by molar-refractivity contribution is 6.15. The molecule has 0 amide bonds. The Hall–Kier alpha value is -3.28. The highest BCUT2D eigenvalue weighted by Crippen LogP contribution is 2.23. The molecule has 1 heterocycles. The van der Waals surface area contributed by atoms with Crippen LogP contribution < -0.4 is 10.1 Å². The Balaban J connectivity index is 1.65. The van der Waals surface area contributed by atoms with E-state index in [0.29, 0.717) is 18.0 Å². The van der Waals surface area contributed by atoms with Gasteiger partial charge in [-0.25, -0.2) is 9.59 Å². The van der Waals surface area contributed by atoms with Crippen LogP contribution in [0.25, 0.3) is 0 Å². The van der Waals surface area contributed by atoms with Crippen molar-refractivity contribution in [1.29, 1.82) is 0 Å². The molecule has 0 spiro atoms. The Labute approximate surface area is 151 Å². The van der Waals surface area contributed by atoms with Crippen LogP contribution in [0.5, 0.6) is 5.75 Å². The van der Waals surface area contributed by atoms with Crippen molar-refractivity contribution in [3.63, 3.8) is 0 Å². The van der Waals surface area contributed by atoms with Gasteiger partial charge in [-0.1, -0.05) is 36.4 Å². The molecule has 2 aromatic carbocycles. The van der Waals surface area contributed by atoms with E-state index in [9.17, 15) is 9.59 Å². The number of hydrogen-bond donors (Lipinski definition) is 1. The third-order valence-electron chi connectivity index (χ3n) is 3.58. The second-order valence-corrected chi connectivity index (χ2v) is 6.18. The number of ether oxygens (including phenoxy) is 3. The molecule has 0 bridgehead atoms. The summed E-state index contributed by atoms with van der Waals surface area (Å²) < 4.78 is 15.8. The van der Waals surface area contributed by atoms with Gasteiger partial charge in [-0.2, -0.15) is 0 Å². The monoisotopic (exact) mass is 353 g/mol. The SMILES string of the molecule is CC1(C)OC(=O)C(=CNc2cccc(OCc3ccccc3)c2)C(=O)O1. The Morgan fingerprint density at radius 3 is 2.38 bits per heavy atom. The van der Waals surface area contributed by atoms with E-state index in [1.54, 1.807) is 12.1 Å². The predicted octanol–water partition coefficient (Wildman–Crippen LogP) is 3.40. The zero-order valence-electron chi connectivity index (χ0n) is 14.5. The van der Waals surface area contributed by atoms with Gasteiger partial charge >= 0.3 is 11.9 Å². The van der Waals surface area contributed by atoms with Crippen LogP contribution in [-0.2, 0) is 25.7 Å². The normalized spacial score (nSPS) is 15.7. The van der Waals surface area contributed by atoms with E-state index in [1.165, 1.54) is 20.0 Å². The summed E-state index contributed by atoms with van der Waals surface area (Å²) in [4.78, 5) is 23.8. The van der Waals surface area contributed by atoms with Gasteiger partial charge in [0.05, 0.1) is 0 Å². The van der Waals surface area contributed by atoms with Crippen molar-refractivity contribution in [1.82, 2.24) is 0 Å². The Morgan fingerprint density at radius 2 is 1.69 bits per heavy atom. The number of cyclic esters (lactones) is 2. The van der Waals surface area contributed by atoms with Gasteiger partial charge in [0.1, 0.15) is 12.4 Å². The summed E-state index contributed by atoms with van der Waals surface area (Å²) in [5.74, 6) is -2.05. The Kier molecular flexibility index (Phi) is 4.93. The number of nitrogens with one attached hydrogen (secondary N) is 1.